The van der Waals surface area contributed by atoms with Gasteiger partial charge in [0.05, 0.1) is 38.3 Å². The summed E-state index contributed by atoms with van der Waals surface area (Å²) >= 11 is 3.97. The standard InChI is InChI=1S/C32H45N5O7S/c1-7-10-25(36-45)31(39)33-19-29(38)34-30-24-13-12-23(18-27(24)44-35-30)42-15-8-9-16-43-26-14-11-22(17-28(26)41-6)32(40)37(20(2)3)21(4)5/h11-14,17-18,20-21,25,36,45H,7-10,15-16,19H2,1-6H3,(H,33,39)(H,34,35,38)/t25-/m0/s1. The third kappa shape index (κ3) is 10.0. The molecule has 45 heavy (non-hydrogen) atoms. The van der Waals surface area contributed by atoms with E-state index in [0.29, 0.717) is 53.4 Å². The third-order valence-electron chi connectivity index (χ3n) is 7.00. The zero-order valence-electron chi connectivity index (χ0n) is 26.8. The maximum atomic E-state index is 13.0. The Morgan fingerprint density at radius 2 is 1.69 bits per heavy atom. The number of methoxy groups -OCH3 is 1. The van der Waals surface area contributed by atoms with Crippen molar-refractivity contribution in [2.24, 2.45) is 0 Å². The molecule has 0 unspecified atom stereocenters. The van der Waals surface area contributed by atoms with Crippen LogP contribution in [0.5, 0.6) is 17.2 Å². The summed E-state index contributed by atoms with van der Waals surface area (Å²) in [6, 6.07) is 10.2. The van der Waals surface area contributed by atoms with Crippen molar-refractivity contribution >= 4 is 47.3 Å². The molecule has 0 radical (unpaired) electrons. The van der Waals surface area contributed by atoms with Crippen LogP contribution in [0, 0.1) is 0 Å². The van der Waals surface area contributed by atoms with Crippen LogP contribution < -0.4 is 29.6 Å². The average Bonchev–Trinajstić information content (AvgIpc) is 3.41. The molecule has 1 heterocycles. The Labute approximate surface area is 270 Å². The number of carbonyl (C=O) groups excluding carboxylic acids is 3. The lowest BCUT2D eigenvalue weighted by Gasteiger charge is -2.31. The number of fused-ring (bicyclic) bond motifs is 1. The molecule has 2 aromatic carbocycles. The van der Waals surface area contributed by atoms with Gasteiger partial charge >= 0.3 is 0 Å². The van der Waals surface area contributed by atoms with E-state index >= 15 is 0 Å². The van der Waals surface area contributed by atoms with Gasteiger partial charge in [0.2, 0.25) is 11.8 Å². The molecule has 3 amide bonds. The Morgan fingerprint density at radius 1 is 0.978 bits per heavy atom. The van der Waals surface area contributed by atoms with Gasteiger partial charge in [0, 0.05) is 23.7 Å². The summed E-state index contributed by atoms with van der Waals surface area (Å²) in [5.41, 5.74) is 1.01. The molecular weight excluding hydrogens is 598 g/mol. The molecular formula is C32H45N5O7S. The number of carbonyl (C=O) groups is 3. The molecule has 3 N–H and O–H groups in total. The highest BCUT2D eigenvalue weighted by Gasteiger charge is 2.23. The molecule has 246 valence electrons. The minimum Gasteiger partial charge on any atom is -0.493 e. The van der Waals surface area contributed by atoms with E-state index in [2.05, 4.69) is 33.3 Å². The van der Waals surface area contributed by atoms with Crippen molar-refractivity contribution in [2.75, 3.05) is 32.2 Å². The predicted molar refractivity (Wildman–Crippen MR) is 176 cm³/mol. The molecule has 0 bridgehead atoms. The average molecular weight is 644 g/mol. The summed E-state index contributed by atoms with van der Waals surface area (Å²) < 4.78 is 25.3. The van der Waals surface area contributed by atoms with Crippen molar-refractivity contribution in [2.45, 2.75) is 78.4 Å². The largest absolute Gasteiger partial charge is 0.493 e. The highest BCUT2D eigenvalue weighted by Crippen LogP contribution is 2.30. The molecule has 13 heteroatoms. The fourth-order valence-corrected chi connectivity index (χ4v) is 5.06. The fourth-order valence-electron chi connectivity index (χ4n) is 4.82. The second-order valence-electron chi connectivity index (χ2n) is 11.1. The van der Waals surface area contributed by atoms with Crippen molar-refractivity contribution < 1.29 is 33.1 Å². The van der Waals surface area contributed by atoms with Crippen molar-refractivity contribution in [1.29, 1.82) is 0 Å². The zero-order chi connectivity index (χ0) is 32.9. The van der Waals surface area contributed by atoms with Gasteiger partial charge in [0.15, 0.2) is 22.9 Å². The Balaban J connectivity index is 1.44. The molecule has 0 saturated heterocycles. The predicted octanol–water partition coefficient (Wildman–Crippen LogP) is 4.99. The lowest BCUT2D eigenvalue weighted by Crippen LogP contribution is -2.43. The van der Waals surface area contributed by atoms with Gasteiger partial charge in [0.1, 0.15) is 5.75 Å². The van der Waals surface area contributed by atoms with Crippen LogP contribution in [0.3, 0.4) is 0 Å². The number of unbranched alkanes of at least 4 members (excludes halogenated alkanes) is 1. The number of thiol groups is 1. The van der Waals surface area contributed by atoms with Gasteiger partial charge in [0.25, 0.3) is 5.91 Å². The topological polar surface area (TPSA) is 144 Å². The zero-order valence-corrected chi connectivity index (χ0v) is 27.7. The molecule has 1 aromatic heterocycles. The number of anilines is 1. The smallest absolute Gasteiger partial charge is 0.254 e. The lowest BCUT2D eigenvalue weighted by atomic mass is 10.1. The second kappa shape index (κ2) is 17.5. The van der Waals surface area contributed by atoms with Gasteiger partial charge in [-0.05, 0) is 77.3 Å². The van der Waals surface area contributed by atoms with Crippen LogP contribution in [0.25, 0.3) is 11.0 Å². The number of nitrogens with one attached hydrogen (secondary N) is 3. The Bertz CT molecular complexity index is 1420. The van der Waals surface area contributed by atoms with Gasteiger partial charge in [-0.1, -0.05) is 31.3 Å². The first kappa shape index (κ1) is 35.5. The van der Waals surface area contributed by atoms with Crippen LogP contribution in [0.4, 0.5) is 5.82 Å². The van der Waals surface area contributed by atoms with Crippen LogP contribution in [0.15, 0.2) is 40.9 Å². The number of rotatable bonds is 18. The summed E-state index contributed by atoms with van der Waals surface area (Å²) in [6.07, 6.45) is 2.88. The highest BCUT2D eigenvalue weighted by atomic mass is 32.1. The van der Waals surface area contributed by atoms with Crippen molar-refractivity contribution in [1.82, 2.24) is 20.1 Å². The molecule has 0 aliphatic heterocycles. The summed E-state index contributed by atoms with van der Waals surface area (Å²) in [4.78, 5) is 39.4. The Morgan fingerprint density at radius 3 is 2.33 bits per heavy atom. The highest BCUT2D eigenvalue weighted by molar-refractivity contribution is 7.78. The normalized spacial score (nSPS) is 11.8. The number of benzene rings is 2. The van der Waals surface area contributed by atoms with Gasteiger partial charge in [-0.15, -0.1) is 0 Å². The molecule has 0 fully saturated rings. The molecule has 3 aromatic rings. The third-order valence-corrected chi connectivity index (χ3v) is 7.31. The van der Waals surface area contributed by atoms with E-state index in [9.17, 15) is 14.4 Å². The number of hydrogen-bond donors (Lipinski definition) is 4. The van der Waals surface area contributed by atoms with E-state index in [1.807, 2.05) is 39.5 Å². The van der Waals surface area contributed by atoms with E-state index in [1.165, 1.54) is 0 Å². The lowest BCUT2D eigenvalue weighted by molar-refractivity contribution is -0.125. The van der Waals surface area contributed by atoms with E-state index in [0.717, 1.165) is 19.3 Å². The van der Waals surface area contributed by atoms with Crippen molar-refractivity contribution in [3.63, 3.8) is 0 Å². The number of nitrogens with zero attached hydrogens (tertiary/aromatic N) is 2. The van der Waals surface area contributed by atoms with Gasteiger partial charge in [-0.2, -0.15) is 0 Å². The molecule has 0 aliphatic carbocycles. The minimum atomic E-state index is -0.477. The summed E-state index contributed by atoms with van der Waals surface area (Å²) in [5.74, 6) is 1.17. The first-order valence-corrected chi connectivity index (χ1v) is 15.7. The molecule has 3 rings (SSSR count). The van der Waals surface area contributed by atoms with E-state index in [1.54, 1.807) is 43.5 Å². The fraction of sp³-hybridized carbons (Fsp3) is 0.500. The van der Waals surface area contributed by atoms with Gasteiger partial charge in [-0.3, -0.25) is 19.1 Å². The quantitative estimate of drug-likeness (QED) is 0.111. The van der Waals surface area contributed by atoms with Crippen LogP contribution in [-0.4, -0.2) is 72.8 Å². The maximum absolute atomic E-state index is 13.0. The van der Waals surface area contributed by atoms with Crippen LogP contribution >= 0.6 is 12.8 Å². The Kier molecular flexibility index (Phi) is 13.8. The first-order valence-electron chi connectivity index (χ1n) is 15.2. The number of hydrogen-bond acceptors (Lipinski definition) is 10. The monoisotopic (exact) mass is 643 g/mol. The number of amides is 3. The van der Waals surface area contributed by atoms with Crippen molar-refractivity contribution in [3.05, 3.63) is 42.0 Å². The molecule has 0 spiro atoms. The van der Waals surface area contributed by atoms with Crippen LogP contribution in [0.2, 0.25) is 0 Å². The second-order valence-corrected chi connectivity index (χ2v) is 11.4. The minimum absolute atomic E-state index is 0.0459. The number of aromatic nitrogens is 1. The van der Waals surface area contributed by atoms with E-state index in [4.69, 9.17) is 18.7 Å². The van der Waals surface area contributed by atoms with Gasteiger partial charge in [-0.25, -0.2) is 0 Å². The van der Waals surface area contributed by atoms with Gasteiger partial charge < -0.3 is 34.3 Å². The molecule has 0 aliphatic rings. The Hall–Kier alpha value is -3.97. The molecule has 12 nitrogen and oxygen atoms in total. The summed E-state index contributed by atoms with van der Waals surface area (Å²) in [6.45, 7) is 10.7. The SMILES string of the molecule is CCC[C@H](NS)C(=O)NCC(=O)Nc1noc2cc(OCCCCOc3ccc(C(=O)N(C(C)C)C(C)C)cc3OC)ccc12. The van der Waals surface area contributed by atoms with Crippen LogP contribution in [-0.2, 0) is 9.59 Å². The summed E-state index contributed by atoms with van der Waals surface area (Å²) in [7, 11) is 1.56. The summed E-state index contributed by atoms with van der Waals surface area (Å²) in [5, 5.41) is 9.79. The van der Waals surface area contributed by atoms with E-state index < -0.39 is 11.9 Å². The molecule has 1 atom stereocenters. The van der Waals surface area contributed by atoms with Crippen LogP contribution in [0.1, 0.15) is 70.7 Å². The van der Waals surface area contributed by atoms with Crippen molar-refractivity contribution in [3.8, 4) is 17.2 Å². The maximum Gasteiger partial charge on any atom is 0.254 e. The molecule has 0 saturated carbocycles. The first-order chi connectivity index (χ1) is 21.6. The van der Waals surface area contributed by atoms with E-state index in [-0.39, 0.29) is 36.3 Å². The number of ether oxygens (including phenoxy) is 3.